The Morgan fingerprint density at radius 2 is 1.16 bits per heavy atom. The summed E-state index contributed by atoms with van der Waals surface area (Å²) < 4.78 is 36.8. The lowest BCUT2D eigenvalue weighted by Gasteiger charge is -2.00. The molecule has 0 heterocycles. The van der Waals surface area contributed by atoms with Crippen LogP contribution in [-0.4, -0.2) is 6.18 Å². The summed E-state index contributed by atoms with van der Waals surface area (Å²) in [5.74, 6) is 1.38. The summed E-state index contributed by atoms with van der Waals surface area (Å²) in [6, 6.07) is 18.0. The number of rotatable bonds is 2. The first-order valence-electron chi connectivity index (χ1n) is 5.50. The van der Waals surface area contributed by atoms with E-state index in [-0.39, 0.29) is 0 Å². The molecule has 0 bridgehead atoms. The molecule has 96 valence electrons. The minimum absolute atomic E-state index is 0.783. The fourth-order valence-electron chi connectivity index (χ4n) is 1.48. The smallest absolute Gasteiger partial charge is 0.158 e. The van der Waals surface area contributed by atoms with Crippen molar-refractivity contribution in [3.8, 4) is 11.2 Å². The molecule has 0 nitrogen and oxygen atoms in total. The standard InChI is InChI=1S/C15H10F3S/c16-15(17,18)11-12-19(13-7-3-1-4-8-13)14-9-5-2-6-10-14/h1-10H/q+1. The molecule has 0 radical (unpaired) electrons. The van der Waals surface area contributed by atoms with Crippen LogP contribution in [0.15, 0.2) is 70.5 Å². The van der Waals surface area contributed by atoms with Gasteiger partial charge in [-0.05, 0) is 24.3 Å². The molecular weight excluding hydrogens is 269 g/mol. The van der Waals surface area contributed by atoms with Crippen molar-refractivity contribution in [1.29, 1.82) is 0 Å². The molecule has 0 amide bonds. The van der Waals surface area contributed by atoms with Crippen LogP contribution in [0.4, 0.5) is 13.2 Å². The van der Waals surface area contributed by atoms with E-state index in [0.717, 1.165) is 9.79 Å². The lowest BCUT2D eigenvalue weighted by Crippen LogP contribution is -2.05. The van der Waals surface area contributed by atoms with Gasteiger partial charge in [0.25, 0.3) is 0 Å². The van der Waals surface area contributed by atoms with Gasteiger partial charge in [-0.15, -0.1) is 0 Å². The molecule has 0 spiro atoms. The van der Waals surface area contributed by atoms with Crippen LogP contribution in [-0.2, 0) is 10.9 Å². The third-order valence-electron chi connectivity index (χ3n) is 2.25. The third kappa shape index (κ3) is 4.08. The zero-order valence-electron chi connectivity index (χ0n) is 9.82. The van der Waals surface area contributed by atoms with Crippen LogP contribution in [0.25, 0.3) is 0 Å². The van der Waals surface area contributed by atoms with E-state index in [0.29, 0.717) is 0 Å². The van der Waals surface area contributed by atoms with Gasteiger partial charge in [-0.3, -0.25) is 0 Å². The van der Waals surface area contributed by atoms with Crippen LogP contribution in [0.2, 0.25) is 0 Å². The van der Waals surface area contributed by atoms with Crippen molar-refractivity contribution in [3.05, 3.63) is 60.7 Å². The van der Waals surface area contributed by atoms with Crippen molar-refractivity contribution >= 4 is 10.9 Å². The van der Waals surface area contributed by atoms with Gasteiger partial charge in [-0.25, -0.2) is 0 Å². The topological polar surface area (TPSA) is 0 Å². The van der Waals surface area contributed by atoms with Gasteiger partial charge in [0.1, 0.15) is 0 Å². The van der Waals surface area contributed by atoms with Gasteiger partial charge in [0.15, 0.2) is 25.9 Å². The molecule has 0 aromatic heterocycles. The molecular formula is C15H10F3S+. The molecule has 0 aliphatic heterocycles. The van der Waals surface area contributed by atoms with Crippen LogP contribution < -0.4 is 0 Å². The summed E-state index contributed by atoms with van der Waals surface area (Å²) in [6.07, 6.45) is -4.46. The van der Waals surface area contributed by atoms with E-state index in [1.54, 1.807) is 48.5 Å². The Hall–Kier alpha value is -1.86. The highest BCUT2D eigenvalue weighted by atomic mass is 32.2. The molecule has 0 unspecified atom stereocenters. The molecule has 0 fully saturated rings. The minimum Gasteiger partial charge on any atom is -0.158 e. The predicted molar refractivity (Wildman–Crippen MR) is 70.6 cm³/mol. The van der Waals surface area contributed by atoms with Crippen molar-refractivity contribution in [2.45, 2.75) is 16.0 Å². The molecule has 0 saturated heterocycles. The zero-order valence-corrected chi connectivity index (χ0v) is 10.6. The average molecular weight is 279 g/mol. The van der Waals surface area contributed by atoms with E-state index in [1.807, 2.05) is 12.1 Å². The second-order valence-electron chi connectivity index (χ2n) is 3.66. The summed E-state index contributed by atoms with van der Waals surface area (Å²) in [5, 5.41) is 2.35. The Morgan fingerprint density at radius 1 is 0.737 bits per heavy atom. The third-order valence-corrected chi connectivity index (χ3v) is 4.05. The molecule has 2 aromatic carbocycles. The normalized spacial score (nSPS) is 10.9. The van der Waals surface area contributed by atoms with Crippen LogP contribution in [0.3, 0.4) is 0 Å². The van der Waals surface area contributed by atoms with E-state index >= 15 is 0 Å². The highest BCUT2D eigenvalue weighted by molar-refractivity contribution is 8.01. The van der Waals surface area contributed by atoms with Crippen LogP contribution in [0, 0.1) is 11.2 Å². The van der Waals surface area contributed by atoms with Gasteiger partial charge in [-0.1, -0.05) is 36.4 Å². The van der Waals surface area contributed by atoms with E-state index < -0.39 is 17.1 Å². The van der Waals surface area contributed by atoms with Crippen molar-refractivity contribution < 1.29 is 13.2 Å². The van der Waals surface area contributed by atoms with Crippen molar-refractivity contribution in [2.24, 2.45) is 0 Å². The number of hydrogen-bond donors (Lipinski definition) is 0. The van der Waals surface area contributed by atoms with E-state index in [9.17, 15) is 13.2 Å². The van der Waals surface area contributed by atoms with Gasteiger partial charge < -0.3 is 0 Å². The molecule has 0 aliphatic carbocycles. The van der Waals surface area contributed by atoms with Gasteiger partial charge in [-0.2, -0.15) is 13.2 Å². The minimum atomic E-state index is -4.46. The largest absolute Gasteiger partial charge is 0.462 e. The van der Waals surface area contributed by atoms with Gasteiger partial charge in [0.2, 0.25) is 0 Å². The molecule has 2 rings (SSSR count). The Morgan fingerprint density at radius 3 is 1.53 bits per heavy atom. The second-order valence-corrected chi connectivity index (χ2v) is 5.42. The number of alkyl halides is 3. The van der Waals surface area contributed by atoms with Gasteiger partial charge in [0, 0.05) is 0 Å². The number of halogens is 3. The maximum Gasteiger partial charge on any atom is 0.462 e. The molecule has 4 heteroatoms. The zero-order chi connectivity index (χ0) is 13.7. The van der Waals surface area contributed by atoms with E-state index in [1.165, 1.54) is 5.92 Å². The van der Waals surface area contributed by atoms with E-state index in [2.05, 4.69) is 5.25 Å². The Kier molecular flexibility index (Phi) is 4.18. The summed E-state index contributed by atoms with van der Waals surface area (Å²) in [6.45, 7) is 0. The predicted octanol–water partition coefficient (Wildman–Crippen LogP) is 4.25. The van der Waals surface area contributed by atoms with Crippen molar-refractivity contribution in [2.75, 3.05) is 0 Å². The fourth-order valence-corrected chi connectivity index (χ4v) is 3.06. The molecule has 0 N–H and O–H groups in total. The summed E-state index contributed by atoms with van der Waals surface area (Å²) >= 11 is 0. The Labute approximate surface area is 112 Å². The lowest BCUT2D eigenvalue weighted by atomic mass is 10.4. The second kappa shape index (κ2) is 5.85. The lowest BCUT2D eigenvalue weighted by molar-refractivity contribution is -0.0695. The monoisotopic (exact) mass is 279 g/mol. The Bertz CT molecular complexity index is 540. The molecule has 19 heavy (non-hydrogen) atoms. The number of hydrogen-bond acceptors (Lipinski definition) is 0. The highest BCUT2D eigenvalue weighted by Crippen LogP contribution is 2.23. The Balaban J connectivity index is 2.42. The van der Waals surface area contributed by atoms with E-state index in [4.69, 9.17) is 0 Å². The molecule has 0 saturated carbocycles. The summed E-state index contributed by atoms with van der Waals surface area (Å²) in [5.41, 5.74) is 0. The first kappa shape index (κ1) is 13.6. The van der Waals surface area contributed by atoms with Gasteiger partial charge >= 0.3 is 6.18 Å². The molecule has 2 aromatic rings. The van der Waals surface area contributed by atoms with Crippen molar-refractivity contribution in [1.82, 2.24) is 0 Å². The SMILES string of the molecule is FC(F)(F)C#C[S+](c1ccccc1)c1ccccc1. The first-order valence-corrected chi connectivity index (χ1v) is 6.73. The fraction of sp³-hybridized carbons (Fsp3) is 0.0667. The quantitative estimate of drug-likeness (QED) is 0.569. The van der Waals surface area contributed by atoms with Crippen LogP contribution in [0.1, 0.15) is 0 Å². The van der Waals surface area contributed by atoms with Crippen LogP contribution >= 0.6 is 0 Å². The first-order chi connectivity index (χ1) is 9.06. The summed E-state index contributed by atoms with van der Waals surface area (Å²) in [7, 11) is -0.879. The maximum absolute atomic E-state index is 12.3. The van der Waals surface area contributed by atoms with Crippen molar-refractivity contribution in [3.63, 3.8) is 0 Å². The molecule has 0 aliphatic rings. The van der Waals surface area contributed by atoms with Gasteiger partial charge in [0.05, 0.1) is 5.92 Å². The van der Waals surface area contributed by atoms with Crippen LogP contribution in [0.5, 0.6) is 0 Å². The highest BCUT2D eigenvalue weighted by Gasteiger charge is 2.29. The summed E-state index contributed by atoms with van der Waals surface area (Å²) in [4.78, 5) is 1.57. The average Bonchev–Trinajstić information content (AvgIpc) is 2.40. The molecule has 0 atom stereocenters. The number of benzene rings is 2. The maximum atomic E-state index is 12.3.